The summed E-state index contributed by atoms with van der Waals surface area (Å²) in [4.78, 5) is 0. The van der Waals surface area contributed by atoms with E-state index in [1.807, 2.05) is 6.07 Å². The summed E-state index contributed by atoms with van der Waals surface area (Å²) in [5, 5.41) is 15.0. The van der Waals surface area contributed by atoms with Gasteiger partial charge in [-0.1, -0.05) is 153 Å². The van der Waals surface area contributed by atoms with Gasteiger partial charge in [-0.05, 0) is 123 Å². The fourth-order valence-corrected chi connectivity index (χ4v) is 10.0. The van der Waals surface area contributed by atoms with Crippen molar-refractivity contribution in [2.45, 2.75) is 19.3 Å². The molecule has 1 aliphatic carbocycles. The first-order valence-corrected chi connectivity index (χ1v) is 18.9. The minimum atomic E-state index is -0.0255. The average Bonchev–Trinajstić information content (AvgIpc) is 3.71. The molecule has 0 saturated heterocycles. The van der Waals surface area contributed by atoms with Crippen LogP contribution < -0.4 is 0 Å². The van der Waals surface area contributed by atoms with Crippen molar-refractivity contribution in [1.82, 2.24) is 0 Å². The predicted octanol–water partition coefficient (Wildman–Crippen LogP) is 15.0. The maximum absolute atomic E-state index is 6.37. The zero-order valence-corrected chi connectivity index (χ0v) is 30.1. The second-order valence-electron chi connectivity index (χ2n) is 15.5. The second kappa shape index (κ2) is 10.7. The topological polar surface area (TPSA) is 13.1 Å². The van der Waals surface area contributed by atoms with Crippen molar-refractivity contribution in [2.24, 2.45) is 0 Å². The lowest BCUT2D eigenvalue weighted by molar-refractivity contribution is 0.660. The van der Waals surface area contributed by atoms with E-state index in [-0.39, 0.29) is 5.41 Å². The summed E-state index contributed by atoms with van der Waals surface area (Å²) in [6.45, 7) is 4.71. The Labute approximate surface area is 312 Å². The Morgan fingerprint density at radius 1 is 0.333 bits per heavy atom. The summed E-state index contributed by atoms with van der Waals surface area (Å²) < 4.78 is 6.37. The highest BCUT2D eigenvalue weighted by Crippen LogP contribution is 2.52. The van der Waals surface area contributed by atoms with E-state index in [0.29, 0.717) is 0 Å². The van der Waals surface area contributed by atoms with Crippen molar-refractivity contribution in [1.29, 1.82) is 0 Å². The molecule has 0 fully saturated rings. The lowest BCUT2D eigenvalue weighted by Crippen LogP contribution is -2.14. The summed E-state index contributed by atoms with van der Waals surface area (Å²) in [6, 6.07) is 63.0. The van der Waals surface area contributed by atoms with Crippen LogP contribution in [0.5, 0.6) is 0 Å². The highest BCUT2D eigenvalue weighted by Gasteiger charge is 2.35. The van der Waals surface area contributed by atoms with Crippen molar-refractivity contribution >= 4 is 75.8 Å². The van der Waals surface area contributed by atoms with Crippen LogP contribution in [-0.2, 0) is 5.41 Å². The average molecular weight is 687 g/mol. The van der Waals surface area contributed by atoms with Gasteiger partial charge in [-0.2, -0.15) is 0 Å². The molecule has 1 aliphatic rings. The van der Waals surface area contributed by atoms with Gasteiger partial charge in [-0.25, -0.2) is 0 Å². The highest BCUT2D eigenvalue weighted by molar-refractivity contribution is 6.35. The summed E-state index contributed by atoms with van der Waals surface area (Å²) in [5.41, 5.74) is 12.4. The number of benzene rings is 10. The maximum atomic E-state index is 6.37. The van der Waals surface area contributed by atoms with Gasteiger partial charge in [0.1, 0.15) is 11.2 Å². The Morgan fingerprint density at radius 3 is 1.56 bits per heavy atom. The van der Waals surface area contributed by atoms with E-state index in [9.17, 15) is 0 Å². The molecular weight excluding hydrogens is 653 g/mol. The van der Waals surface area contributed by atoms with Gasteiger partial charge in [0.2, 0.25) is 0 Å². The van der Waals surface area contributed by atoms with Gasteiger partial charge in [0, 0.05) is 21.6 Å². The lowest BCUT2D eigenvalue weighted by atomic mass is 9.81. The number of rotatable bonds is 2. The van der Waals surface area contributed by atoms with Crippen molar-refractivity contribution < 1.29 is 4.42 Å². The normalized spacial score (nSPS) is 13.5. The fourth-order valence-electron chi connectivity index (χ4n) is 10.0. The van der Waals surface area contributed by atoms with Crippen LogP contribution in [0.4, 0.5) is 0 Å². The molecule has 252 valence electrons. The van der Waals surface area contributed by atoms with Crippen molar-refractivity contribution in [3.05, 3.63) is 181 Å². The number of para-hydroxylation sites is 1. The standard InChI is InChI=1S/C53H34O/c1-53(2)45-21-11-9-14-35(45)44-30-32(24-27-46(44)53)50-39-18-7-5-16-37(39)49(38-17-6-8-19-40(38)50)31-23-25-34-41-26-28-48-52(42-20-10-12-22-47(42)54-48)51(41)36-15-4-3-13-33(36)43(34)29-31/h3-30H,1-2H3. The molecule has 0 N–H and O–H groups in total. The largest absolute Gasteiger partial charge is 0.456 e. The SMILES string of the molecule is CC1(C)c2ccccc2-c2cc(-c3c4ccccc4c(-c4ccc5c(c4)c4ccccc4c4c5ccc5oc6ccccc6c54)c4ccccc34)ccc21. The van der Waals surface area contributed by atoms with E-state index in [1.165, 1.54) is 104 Å². The van der Waals surface area contributed by atoms with Crippen LogP contribution in [0.3, 0.4) is 0 Å². The first-order chi connectivity index (χ1) is 26.6. The molecule has 54 heavy (non-hydrogen) atoms. The van der Waals surface area contributed by atoms with Gasteiger partial charge < -0.3 is 4.42 Å². The molecule has 0 amide bonds. The van der Waals surface area contributed by atoms with Crippen LogP contribution in [0.1, 0.15) is 25.0 Å². The van der Waals surface area contributed by atoms with Gasteiger partial charge in [-0.15, -0.1) is 0 Å². The Balaban J connectivity index is 1.14. The first-order valence-electron chi connectivity index (χ1n) is 18.9. The van der Waals surface area contributed by atoms with E-state index in [4.69, 9.17) is 4.42 Å². The van der Waals surface area contributed by atoms with Crippen LogP contribution in [0.25, 0.3) is 109 Å². The van der Waals surface area contributed by atoms with E-state index in [1.54, 1.807) is 0 Å². The Morgan fingerprint density at radius 2 is 0.833 bits per heavy atom. The van der Waals surface area contributed by atoms with Gasteiger partial charge in [0.05, 0.1) is 0 Å². The molecular formula is C53H34O. The molecule has 0 unspecified atom stereocenters. The number of hydrogen-bond donors (Lipinski definition) is 0. The highest BCUT2D eigenvalue weighted by atomic mass is 16.3. The van der Waals surface area contributed by atoms with Crippen molar-refractivity contribution in [2.75, 3.05) is 0 Å². The minimum absolute atomic E-state index is 0.0255. The zero-order valence-electron chi connectivity index (χ0n) is 30.1. The van der Waals surface area contributed by atoms with E-state index < -0.39 is 0 Å². The maximum Gasteiger partial charge on any atom is 0.136 e. The molecule has 0 saturated carbocycles. The molecule has 12 rings (SSSR count). The molecule has 1 nitrogen and oxygen atoms in total. The van der Waals surface area contributed by atoms with E-state index >= 15 is 0 Å². The van der Waals surface area contributed by atoms with Crippen LogP contribution >= 0.6 is 0 Å². The molecule has 1 aromatic heterocycles. The number of hydrogen-bond acceptors (Lipinski definition) is 1. The summed E-state index contributed by atoms with van der Waals surface area (Å²) in [6.07, 6.45) is 0. The van der Waals surface area contributed by atoms with E-state index in [2.05, 4.69) is 178 Å². The monoisotopic (exact) mass is 686 g/mol. The summed E-state index contributed by atoms with van der Waals surface area (Å²) in [7, 11) is 0. The molecule has 0 radical (unpaired) electrons. The molecule has 1 heteroatoms. The molecule has 0 atom stereocenters. The quantitative estimate of drug-likeness (QED) is 0.130. The third-order valence-electron chi connectivity index (χ3n) is 12.4. The molecule has 10 aromatic carbocycles. The van der Waals surface area contributed by atoms with Crippen LogP contribution in [-0.4, -0.2) is 0 Å². The number of fused-ring (bicyclic) bond motifs is 15. The molecule has 1 heterocycles. The smallest absolute Gasteiger partial charge is 0.136 e. The van der Waals surface area contributed by atoms with Gasteiger partial charge in [-0.3, -0.25) is 0 Å². The van der Waals surface area contributed by atoms with Crippen molar-refractivity contribution in [3.63, 3.8) is 0 Å². The predicted molar refractivity (Wildman–Crippen MR) is 230 cm³/mol. The molecule has 0 aliphatic heterocycles. The van der Waals surface area contributed by atoms with Crippen LogP contribution in [0.2, 0.25) is 0 Å². The second-order valence-corrected chi connectivity index (χ2v) is 15.5. The summed E-state index contributed by atoms with van der Waals surface area (Å²) in [5.74, 6) is 0. The zero-order chi connectivity index (χ0) is 35.7. The first kappa shape index (κ1) is 29.8. The Bertz CT molecular complexity index is 3330. The van der Waals surface area contributed by atoms with Gasteiger partial charge in [0.25, 0.3) is 0 Å². The molecule has 11 aromatic rings. The molecule has 0 bridgehead atoms. The number of furan rings is 1. The molecule has 0 spiro atoms. The van der Waals surface area contributed by atoms with Gasteiger partial charge >= 0.3 is 0 Å². The Kier molecular flexibility index (Phi) is 5.90. The third kappa shape index (κ3) is 3.88. The third-order valence-corrected chi connectivity index (χ3v) is 12.4. The fraction of sp³-hybridized carbons (Fsp3) is 0.0566. The lowest BCUT2D eigenvalue weighted by Gasteiger charge is -2.22. The van der Waals surface area contributed by atoms with Crippen molar-refractivity contribution in [3.8, 4) is 33.4 Å². The Hall–Kier alpha value is -6.70. The van der Waals surface area contributed by atoms with Gasteiger partial charge in [0.15, 0.2) is 0 Å². The minimum Gasteiger partial charge on any atom is -0.456 e. The van der Waals surface area contributed by atoms with Crippen LogP contribution in [0.15, 0.2) is 174 Å². The van der Waals surface area contributed by atoms with Crippen LogP contribution in [0, 0.1) is 0 Å². The van der Waals surface area contributed by atoms with E-state index in [0.717, 1.165) is 16.6 Å². The summed E-state index contributed by atoms with van der Waals surface area (Å²) >= 11 is 0.